The summed E-state index contributed by atoms with van der Waals surface area (Å²) in [6.45, 7) is 1.72. The van der Waals surface area contributed by atoms with Crippen LogP contribution in [0.15, 0.2) is 30.3 Å². The van der Waals surface area contributed by atoms with Crippen LogP contribution >= 0.6 is 7.83 Å². The van der Waals surface area contributed by atoms with Crippen LogP contribution in [0.1, 0.15) is 24.8 Å². The van der Waals surface area contributed by atoms with Gasteiger partial charge in [0, 0.05) is 13.1 Å². The fourth-order valence-corrected chi connectivity index (χ4v) is 3.39. The molecule has 1 heterocycles. The Morgan fingerprint density at radius 1 is 1.10 bits per heavy atom. The van der Waals surface area contributed by atoms with Gasteiger partial charge in [-0.05, 0) is 18.4 Å². The van der Waals surface area contributed by atoms with E-state index in [0.29, 0.717) is 19.7 Å². The Morgan fingerprint density at radius 2 is 1.80 bits per heavy atom. The lowest BCUT2D eigenvalue weighted by Gasteiger charge is -2.28. The number of halogens is 1. The SMILES string of the molecule is O=P(F)(OCCOCc1ccccc1)N1CCCCC1. The van der Waals surface area contributed by atoms with Gasteiger partial charge >= 0.3 is 7.83 Å². The summed E-state index contributed by atoms with van der Waals surface area (Å²) in [6, 6.07) is 9.70. The summed E-state index contributed by atoms with van der Waals surface area (Å²) in [5, 5.41) is 0. The molecule has 1 aromatic rings. The molecule has 112 valence electrons. The van der Waals surface area contributed by atoms with E-state index in [1.54, 1.807) is 0 Å². The number of piperidine rings is 1. The average Bonchev–Trinajstić information content (AvgIpc) is 2.49. The second kappa shape index (κ2) is 7.89. The summed E-state index contributed by atoms with van der Waals surface area (Å²) >= 11 is 0. The number of ether oxygens (including phenoxy) is 1. The summed E-state index contributed by atoms with van der Waals surface area (Å²) in [6.07, 6.45) is 2.82. The average molecular weight is 301 g/mol. The van der Waals surface area contributed by atoms with Crippen LogP contribution in [0.25, 0.3) is 0 Å². The predicted octanol–water partition coefficient (Wildman–Crippen LogP) is 3.78. The van der Waals surface area contributed by atoms with Crippen molar-refractivity contribution in [2.45, 2.75) is 25.9 Å². The summed E-state index contributed by atoms with van der Waals surface area (Å²) < 4.78 is 37.3. The Labute approximate surface area is 119 Å². The van der Waals surface area contributed by atoms with Crippen molar-refractivity contribution in [2.75, 3.05) is 26.3 Å². The van der Waals surface area contributed by atoms with Gasteiger partial charge in [0.15, 0.2) is 0 Å². The summed E-state index contributed by atoms with van der Waals surface area (Å²) in [5.41, 5.74) is 1.05. The van der Waals surface area contributed by atoms with Crippen molar-refractivity contribution in [2.24, 2.45) is 0 Å². The van der Waals surface area contributed by atoms with Crippen molar-refractivity contribution in [1.82, 2.24) is 4.67 Å². The number of nitrogens with zero attached hydrogens (tertiary/aromatic N) is 1. The van der Waals surface area contributed by atoms with Gasteiger partial charge in [-0.1, -0.05) is 36.8 Å². The Balaban J connectivity index is 1.63. The minimum absolute atomic E-state index is 0.0110. The largest absolute Gasteiger partial charge is 0.445 e. The molecule has 20 heavy (non-hydrogen) atoms. The highest BCUT2D eigenvalue weighted by atomic mass is 31.2. The summed E-state index contributed by atoms with van der Waals surface area (Å²) in [4.78, 5) is 0. The van der Waals surface area contributed by atoms with Crippen molar-refractivity contribution in [3.8, 4) is 0 Å². The van der Waals surface area contributed by atoms with Gasteiger partial charge in [-0.3, -0.25) is 4.52 Å². The topological polar surface area (TPSA) is 38.8 Å². The molecule has 0 aliphatic carbocycles. The van der Waals surface area contributed by atoms with Crippen LogP contribution in [-0.4, -0.2) is 31.0 Å². The fourth-order valence-electron chi connectivity index (χ4n) is 2.17. The van der Waals surface area contributed by atoms with Crippen molar-refractivity contribution in [1.29, 1.82) is 0 Å². The maximum absolute atomic E-state index is 13.9. The third-order valence-electron chi connectivity index (χ3n) is 3.26. The van der Waals surface area contributed by atoms with Gasteiger partial charge in [0.1, 0.15) is 0 Å². The van der Waals surface area contributed by atoms with Gasteiger partial charge in [0.05, 0.1) is 19.8 Å². The van der Waals surface area contributed by atoms with E-state index in [2.05, 4.69) is 0 Å². The molecule has 6 heteroatoms. The predicted molar refractivity (Wildman–Crippen MR) is 76.2 cm³/mol. The molecule has 0 aromatic heterocycles. The number of rotatable bonds is 7. The van der Waals surface area contributed by atoms with Crippen molar-refractivity contribution < 1.29 is 18.0 Å². The zero-order valence-corrected chi connectivity index (χ0v) is 12.4. The third-order valence-corrected chi connectivity index (χ3v) is 4.84. The molecule has 0 radical (unpaired) electrons. The number of benzene rings is 1. The minimum atomic E-state index is -4.13. The zero-order chi connectivity index (χ0) is 14.3. The molecule has 0 saturated carbocycles. The first-order chi connectivity index (χ1) is 9.68. The Hall–Kier alpha value is -0.740. The van der Waals surface area contributed by atoms with Crippen LogP contribution in [0.5, 0.6) is 0 Å². The van der Waals surface area contributed by atoms with E-state index in [4.69, 9.17) is 9.26 Å². The normalized spacial score (nSPS) is 19.6. The van der Waals surface area contributed by atoms with Gasteiger partial charge in [-0.15, -0.1) is 4.20 Å². The molecule has 1 saturated heterocycles. The highest BCUT2D eigenvalue weighted by Crippen LogP contribution is 2.53. The first-order valence-electron chi connectivity index (χ1n) is 7.00. The summed E-state index contributed by atoms with van der Waals surface area (Å²) in [5.74, 6) is 0. The van der Waals surface area contributed by atoms with Crippen LogP contribution in [0.2, 0.25) is 0 Å². The number of hydrogen-bond donors (Lipinski definition) is 0. The van der Waals surface area contributed by atoms with Crippen LogP contribution in [0.3, 0.4) is 0 Å². The molecule has 0 spiro atoms. The molecular weight excluding hydrogens is 280 g/mol. The van der Waals surface area contributed by atoms with Crippen molar-refractivity contribution in [3.63, 3.8) is 0 Å². The molecule has 1 aliphatic heterocycles. The lowest BCUT2D eigenvalue weighted by molar-refractivity contribution is 0.0810. The summed E-state index contributed by atoms with van der Waals surface area (Å²) in [7, 11) is -4.13. The molecule has 1 atom stereocenters. The maximum atomic E-state index is 13.9. The molecule has 1 fully saturated rings. The monoisotopic (exact) mass is 301 g/mol. The molecule has 0 N–H and O–H groups in total. The first kappa shape index (κ1) is 15.6. The van der Waals surface area contributed by atoms with E-state index in [1.165, 1.54) is 4.67 Å². The van der Waals surface area contributed by atoms with Gasteiger partial charge < -0.3 is 4.74 Å². The molecule has 1 aromatic carbocycles. The van der Waals surface area contributed by atoms with Gasteiger partial charge in [0.25, 0.3) is 0 Å². The van der Waals surface area contributed by atoms with Crippen molar-refractivity contribution >= 4 is 7.83 Å². The van der Waals surface area contributed by atoms with E-state index in [-0.39, 0.29) is 13.2 Å². The molecule has 2 rings (SSSR count). The smallest absolute Gasteiger partial charge is 0.374 e. The van der Waals surface area contributed by atoms with E-state index in [1.807, 2.05) is 30.3 Å². The van der Waals surface area contributed by atoms with Crippen LogP contribution in [0.4, 0.5) is 4.20 Å². The van der Waals surface area contributed by atoms with Crippen LogP contribution in [0, 0.1) is 0 Å². The fraction of sp³-hybridized carbons (Fsp3) is 0.571. The van der Waals surface area contributed by atoms with Gasteiger partial charge in [0.2, 0.25) is 0 Å². The van der Waals surface area contributed by atoms with Crippen molar-refractivity contribution in [3.05, 3.63) is 35.9 Å². The molecule has 1 aliphatic rings. The Kier molecular flexibility index (Phi) is 6.17. The van der Waals surface area contributed by atoms with Gasteiger partial charge in [-0.2, -0.15) is 0 Å². The molecule has 4 nitrogen and oxygen atoms in total. The lowest BCUT2D eigenvalue weighted by Crippen LogP contribution is -2.26. The number of hydrogen-bond acceptors (Lipinski definition) is 3. The van der Waals surface area contributed by atoms with E-state index in [0.717, 1.165) is 24.8 Å². The second-order valence-corrected chi connectivity index (χ2v) is 6.56. The first-order valence-corrected chi connectivity index (χ1v) is 8.47. The standard InChI is InChI=1S/C14H21FNO3P/c15-20(17,16-9-5-2-6-10-16)19-12-11-18-13-14-7-3-1-4-8-14/h1,3-4,7-8H,2,5-6,9-13H2. The van der Waals surface area contributed by atoms with E-state index < -0.39 is 7.83 Å². The highest BCUT2D eigenvalue weighted by molar-refractivity contribution is 7.50. The molecular formula is C14H21FNO3P. The molecule has 1 unspecified atom stereocenters. The Morgan fingerprint density at radius 3 is 2.50 bits per heavy atom. The quantitative estimate of drug-likeness (QED) is 0.567. The molecule has 0 amide bonds. The maximum Gasteiger partial charge on any atom is 0.445 e. The second-order valence-electron chi connectivity index (χ2n) is 4.84. The Bertz CT molecular complexity index is 437. The highest BCUT2D eigenvalue weighted by Gasteiger charge is 2.32. The van der Waals surface area contributed by atoms with Crippen LogP contribution < -0.4 is 0 Å². The van der Waals surface area contributed by atoms with E-state index in [9.17, 15) is 8.76 Å². The van der Waals surface area contributed by atoms with Crippen LogP contribution in [-0.2, 0) is 20.4 Å². The minimum Gasteiger partial charge on any atom is -0.374 e. The third kappa shape index (κ3) is 4.98. The molecule has 0 bridgehead atoms. The lowest BCUT2D eigenvalue weighted by atomic mass is 10.2. The zero-order valence-electron chi connectivity index (χ0n) is 11.5. The van der Waals surface area contributed by atoms with E-state index >= 15 is 0 Å². The van der Waals surface area contributed by atoms with Gasteiger partial charge in [-0.25, -0.2) is 9.24 Å².